The highest BCUT2D eigenvalue weighted by Gasteiger charge is 2.46. The lowest BCUT2D eigenvalue weighted by Gasteiger charge is -2.47. The molecule has 35 heavy (non-hydrogen) atoms. The van der Waals surface area contributed by atoms with Crippen LogP contribution >= 0.6 is 0 Å². The largest absolute Gasteiger partial charge is 0.341 e. The normalized spacial score (nSPS) is 17.6. The number of carbonyl (C=O) groups excluding carboxylic acids is 1. The maximum absolute atomic E-state index is 13.7. The molecule has 4 heterocycles. The van der Waals surface area contributed by atoms with E-state index in [1.165, 1.54) is 0 Å². The molecule has 3 aromatic rings. The number of hydrogen-bond donors (Lipinski definition) is 1. The van der Waals surface area contributed by atoms with E-state index in [1.54, 1.807) is 4.68 Å². The number of anilines is 1. The van der Waals surface area contributed by atoms with Gasteiger partial charge in [-0.3, -0.25) is 9.48 Å². The maximum atomic E-state index is 13.7. The Bertz CT molecular complexity index is 1260. The van der Waals surface area contributed by atoms with Gasteiger partial charge in [0.1, 0.15) is 5.54 Å². The SMILES string of the molecule is Cc1cc(C)nc(N2CCC3(CC2)NCCN(Cc2nn(C)cc2-c2ccc(C#N)cc2)C3=O)n1. The number of carbonyl (C=O) groups is 1. The van der Waals surface area contributed by atoms with Gasteiger partial charge >= 0.3 is 0 Å². The summed E-state index contributed by atoms with van der Waals surface area (Å²) in [5.41, 5.74) is 4.82. The molecule has 1 amide bonds. The van der Waals surface area contributed by atoms with Gasteiger partial charge in [-0.2, -0.15) is 10.4 Å². The monoisotopic (exact) mass is 470 g/mol. The predicted octanol–water partition coefficient (Wildman–Crippen LogP) is 2.34. The number of piperazine rings is 1. The van der Waals surface area contributed by atoms with Crippen molar-refractivity contribution in [2.24, 2.45) is 7.05 Å². The van der Waals surface area contributed by atoms with E-state index in [2.05, 4.69) is 31.4 Å². The Labute approximate surface area is 205 Å². The summed E-state index contributed by atoms with van der Waals surface area (Å²) in [7, 11) is 1.89. The van der Waals surface area contributed by atoms with Gasteiger partial charge in [-0.25, -0.2) is 9.97 Å². The van der Waals surface area contributed by atoms with Gasteiger partial charge in [0.25, 0.3) is 0 Å². The summed E-state index contributed by atoms with van der Waals surface area (Å²) < 4.78 is 1.79. The van der Waals surface area contributed by atoms with Gasteiger partial charge in [0.05, 0.1) is 23.9 Å². The minimum Gasteiger partial charge on any atom is -0.341 e. The number of aryl methyl sites for hydroxylation is 3. The third-order valence-corrected chi connectivity index (χ3v) is 6.98. The zero-order valence-electron chi connectivity index (χ0n) is 20.5. The number of amides is 1. The molecule has 1 N–H and O–H groups in total. The first-order valence-electron chi connectivity index (χ1n) is 12.0. The van der Waals surface area contributed by atoms with Crippen LogP contribution in [-0.4, -0.2) is 62.3 Å². The lowest BCUT2D eigenvalue weighted by molar-refractivity contribution is -0.143. The van der Waals surface area contributed by atoms with Gasteiger partial charge < -0.3 is 15.1 Å². The number of rotatable bonds is 4. The molecule has 0 atom stereocenters. The number of piperidine rings is 1. The van der Waals surface area contributed by atoms with Gasteiger partial charge in [0.2, 0.25) is 11.9 Å². The zero-order valence-corrected chi connectivity index (χ0v) is 20.5. The minimum absolute atomic E-state index is 0.140. The fourth-order valence-corrected chi connectivity index (χ4v) is 5.19. The molecular formula is C26H30N8O. The predicted molar refractivity (Wildman–Crippen MR) is 132 cm³/mol. The second kappa shape index (κ2) is 9.12. The Hall–Kier alpha value is -3.77. The van der Waals surface area contributed by atoms with Crippen LogP contribution < -0.4 is 10.2 Å². The first-order chi connectivity index (χ1) is 16.9. The van der Waals surface area contributed by atoms with E-state index in [-0.39, 0.29) is 5.91 Å². The lowest BCUT2D eigenvalue weighted by atomic mass is 9.84. The summed E-state index contributed by atoms with van der Waals surface area (Å²) in [5, 5.41) is 17.3. The molecule has 0 aliphatic carbocycles. The number of nitrogens with zero attached hydrogens (tertiary/aromatic N) is 7. The smallest absolute Gasteiger partial charge is 0.243 e. The summed E-state index contributed by atoms with van der Waals surface area (Å²) in [6.45, 7) is 7.29. The number of nitriles is 1. The van der Waals surface area contributed by atoms with Crippen molar-refractivity contribution in [3.8, 4) is 17.2 Å². The van der Waals surface area contributed by atoms with Crippen LogP contribution in [0, 0.1) is 25.2 Å². The van der Waals surface area contributed by atoms with Crippen molar-refractivity contribution in [3.63, 3.8) is 0 Å². The fraction of sp³-hybridized carbons (Fsp3) is 0.423. The zero-order chi connectivity index (χ0) is 24.6. The third kappa shape index (κ3) is 4.49. The van der Waals surface area contributed by atoms with Crippen LogP contribution in [0.1, 0.15) is 35.5 Å². The van der Waals surface area contributed by atoms with Crippen LogP contribution in [0.25, 0.3) is 11.1 Å². The van der Waals surface area contributed by atoms with Crippen LogP contribution in [0.4, 0.5) is 5.95 Å². The highest BCUT2D eigenvalue weighted by Crippen LogP contribution is 2.31. The molecule has 1 spiro atoms. The molecule has 2 aromatic heterocycles. The molecule has 2 aliphatic rings. The molecule has 9 heteroatoms. The first kappa shape index (κ1) is 23.0. The molecule has 9 nitrogen and oxygen atoms in total. The minimum atomic E-state index is -0.559. The van der Waals surface area contributed by atoms with Crippen LogP contribution in [0.3, 0.4) is 0 Å². The molecule has 1 aromatic carbocycles. The van der Waals surface area contributed by atoms with Crippen molar-refractivity contribution >= 4 is 11.9 Å². The summed E-state index contributed by atoms with van der Waals surface area (Å²) in [5.74, 6) is 0.888. The first-order valence-corrected chi connectivity index (χ1v) is 12.0. The molecule has 2 saturated heterocycles. The number of benzene rings is 1. The maximum Gasteiger partial charge on any atom is 0.243 e. The summed E-state index contributed by atoms with van der Waals surface area (Å²) in [4.78, 5) is 27.1. The Kier molecular flexibility index (Phi) is 5.99. The molecule has 180 valence electrons. The van der Waals surface area contributed by atoms with Crippen molar-refractivity contribution in [1.29, 1.82) is 5.26 Å². The average Bonchev–Trinajstić information content (AvgIpc) is 3.22. The Balaban J connectivity index is 1.32. The number of hydrogen-bond acceptors (Lipinski definition) is 7. The Morgan fingerprint density at radius 3 is 2.43 bits per heavy atom. The van der Waals surface area contributed by atoms with E-state index in [9.17, 15) is 4.79 Å². The van der Waals surface area contributed by atoms with Crippen molar-refractivity contribution < 1.29 is 4.79 Å². The van der Waals surface area contributed by atoms with Crippen LogP contribution in [0.15, 0.2) is 36.5 Å². The highest BCUT2D eigenvalue weighted by molar-refractivity contribution is 5.87. The quantitative estimate of drug-likeness (QED) is 0.624. The summed E-state index contributed by atoms with van der Waals surface area (Å²) >= 11 is 0. The van der Waals surface area contributed by atoms with Crippen molar-refractivity contribution in [1.82, 2.24) is 30.0 Å². The average molecular weight is 471 g/mol. The summed E-state index contributed by atoms with van der Waals surface area (Å²) in [6, 6.07) is 11.6. The lowest BCUT2D eigenvalue weighted by Crippen LogP contribution is -2.67. The Morgan fingerprint density at radius 2 is 1.77 bits per heavy atom. The molecule has 5 rings (SSSR count). The Morgan fingerprint density at radius 1 is 1.09 bits per heavy atom. The molecule has 2 fully saturated rings. The fourth-order valence-electron chi connectivity index (χ4n) is 5.19. The molecule has 0 radical (unpaired) electrons. The van der Waals surface area contributed by atoms with Crippen LogP contribution in [0.2, 0.25) is 0 Å². The van der Waals surface area contributed by atoms with Crippen molar-refractivity contribution in [3.05, 3.63) is 59.2 Å². The molecular weight excluding hydrogens is 440 g/mol. The molecule has 0 unspecified atom stereocenters. The molecule has 0 bridgehead atoms. The number of nitrogens with one attached hydrogen (secondary N) is 1. The van der Waals surface area contributed by atoms with Gasteiger partial charge in [0.15, 0.2) is 0 Å². The second-order valence-corrected chi connectivity index (χ2v) is 9.53. The van der Waals surface area contributed by atoms with Gasteiger partial charge in [-0.15, -0.1) is 0 Å². The van der Waals surface area contributed by atoms with Crippen LogP contribution in [-0.2, 0) is 18.4 Å². The third-order valence-electron chi connectivity index (χ3n) is 6.98. The van der Waals surface area contributed by atoms with E-state index in [0.29, 0.717) is 31.5 Å². The van der Waals surface area contributed by atoms with E-state index in [1.807, 2.05) is 62.3 Å². The van der Waals surface area contributed by atoms with E-state index < -0.39 is 5.54 Å². The second-order valence-electron chi connectivity index (χ2n) is 9.53. The van der Waals surface area contributed by atoms with Crippen molar-refractivity contribution in [2.75, 3.05) is 31.1 Å². The standard InChI is InChI=1S/C26H30N8O/c1-18-14-19(2)30-25(29-18)33-11-8-26(9-12-33)24(35)34(13-10-28-26)17-23-22(16-32(3)31-23)21-6-4-20(15-27)5-7-21/h4-7,14,16,28H,8-13,17H2,1-3H3. The van der Waals surface area contributed by atoms with Gasteiger partial charge in [-0.1, -0.05) is 12.1 Å². The van der Waals surface area contributed by atoms with E-state index in [0.717, 1.165) is 53.8 Å². The topological polar surface area (TPSA) is 103 Å². The van der Waals surface area contributed by atoms with E-state index in [4.69, 9.17) is 5.26 Å². The summed E-state index contributed by atoms with van der Waals surface area (Å²) in [6.07, 6.45) is 3.40. The van der Waals surface area contributed by atoms with E-state index >= 15 is 0 Å². The van der Waals surface area contributed by atoms with Crippen LogP contribution in [0.5, 0.6) is 0 Å². The molecule has 2 aliphatic heterocycles. The highest BCUT2D eigenvalue weighted by atomic mass is 16.2. The van der Waals surface area contributed by atoms with Gasteiger partial charge in [0, 0.05) is 56.4 Å². The van der Waals surface area contributed by atoms with Crippen molar-refractivity contribution in [2.45, 2.75) is 38.8 Å². The molecule has 0 saturated carbocycles. The number of aromatic nitrogens is 4. The van der Waals surface area contributed by atoms with Gasteiger partial charge in [-0.05, 0) is 50.5 Å².